The van der Waals surface area contributed by atoms with Crippen molar-refractivity contribution >= 4 is 23.2 Å². The van der Waals surface area contributed by atoms with Crippen LogP contribution in [-0.4, -0.2) is 66.8 Å². The van der Waals surface area contributed by atoms with E-state index in [0.717, 1.165) is 38.8 Å². The molecule has 0 spiro atoms. The first-order valence-corrected chi connectivity index (χ1v) is 9.98. The van der Waals surface area contributed by atoms with Crippen molar-refractivity contribution in [1.82, 2.24) is 9.80 Å². The van der Waals surface area contributed by atoms with Gasteiger partial charge in [-0.05, 0) is 37.1 Å². The Kier molecular flexibility index (Phi) is 5.05. The van der Waals surface area contributed by atoms with Crippen LogP contribution >= 0.6 is 11.3 Å². The number of amides is 2. The molecular formula is C18H24N2O4S. The van der Waals surface area contributed by atoms with E-state index in [9.17, 15) is 9.59 Å². The van der Waals surface area contributed by atoms with E-state index in [1.807, 2.05) is 22.4 Å². The normalized spacial score (nSPS) is 25.7. The zero-order valence-electron chi connectivity index (χ0n) is 14.3. The Morgan fingerprint density at radius 1 is 1.08 bits per heavy atom. The molecule has 1 aromatic heterocycles. The van der Waals surface area contributed by atoms with Crippen LogP contribution in [-0.2, 0) is 14.3 Å². The lowest BCUT2D eigenvalue weighted by Gasteiger charge is -2.36. The number of hydrogen-bond acceptors (Lipinski definition) is 5. The molecule has 0 aromatic carbocycles. The van der Waals surface area contributed by atoms with E-state index >= 15 is 0 Å². The summed E-state index contributed by atoms with van der Waals surface area (Å²) in [4.78, 5) is 30.1. The Hall–Kier alpha value is -1.44. The predicted molar refractivity (Wildman–Crippen MR) is 93.4 cm³/mol. The fourth-order valence-corrected chi connectivity index (χ4v) is 4.74. The molecule has 2 amide bonds. The molecule has 136 valence electrons. The summed E-state index contributed by atoms with van der Waals surface area (Å²) in [7, 11) is 0. The number of carbonyl (C=O) groups is 2. The van der Waals surface area contributed by atoms with Crippen molar-refractivity contribution in [3.63, 3.8) is 0 Å². The molecule has 3 fully saturated rings. The third kappa shape index (κ3) is 3.45. The van der Waals surface area contributed by atoms with Crippen molar-refractivity contribution in [3.05, 3.63) is 22.4 Å². The molecule has 3 aliphatic heterocycles. The summed E-state index contributed by atoms with van der Waals surface area (Å²) in [5, 5.41) is 1.90. The topological polar surface area (TPSA) is 59.1 Å². The van der Waals surface area contributed by atoms with Crippen LogP contribution in [0.15, 0.2) is 17.5 Å². The lowest BCUT2D eigenvalue weighted by atomic mass is 9.95. The Bertz CT molecular complexity index is 607. The van der Waals surface area contributed by atoms with Crippen LogP contribution in [0, 0.1) is 5.92 Å². The second-order valence-electron chi connectivity index (χ2n) is 6.91. The Morgan fingerprint density at radius 3 is 2.52 bits per heavy atom. The summed E-state index contributed by atoms with van der Waals surface area (Å²) in [6.45, 7) is 3.47. The van der Waals surface area contributed by atoms with Crippen LogP contribution in [0.25, 0.3) is 0 Å². The molecule has 0 bridgehead atoms. The molecule has 3 aliphatic rings. The summed E-state index contributed by atoms with van der Waals surface area (Å²) in [5.74, 6) is 0.474. The molecule has 4 rings (SSSR count). The van der Waals surface area contributed by atoms with Gasteiger partial charge in [-0.15, -0.1) is 11.3 Å². The number of carbonyl (C=O) groups excluding carboxylic acids is 2. The summed E-state index contributed by atoms with van der Waals surface area (Å²) in [5.41, 5.74) is 0. The third-order valence-electron chi connectivity index (χ3n) is 5.41. The maximum atomic E-state index is 13.0. The second kappa shape index (κ2) is 7.43. The lowest BCUT2D eigenvalue weighted by Crippen LogP contribution is -2.50. The number of ether oxygens (including phenoxy) is 2. The zero-order chi connectivity index (χ0) is 17.2. The highest BCUT2D eigenvalue weighted by Gasteiger charge is 2.39. The molecule has 7 heteroatoms. The van der Waals surface area contributed by atoms with Gasteiger partial charge in [0.25, 0.3) is 5.91 Å². The molecule has 25 heavy (non-hydrogen) atoms. The van der Waals surface area contributed by atoms with Gasteiger partial charge in [-0.3, -0.25) is 9.59 Å². The monoisotopic (exact) mass is 364 g/mol. The maximum Gasteiger partial charge on any atom is 0.264 e. The van der Waals surface area contributed by atoms with Gasteiger partial charge in [-0.2, -0.15) is 0 Å². The van der Waals surface area contributed by atoms with E-state index in [-0.39, 0.29) is 24.1 Å². The number of piperidine rings is 1. The van der Waals surface area contributed by atoms with Crippen molar-refractivity contribution in [2.24, 2.45) is 5.92 Å². The zero-order valence-corrected chi connectivity index (χ0v) is 15.1. The van der Waals surface area contributed by atoms with Gasteiger partial charge in [0, 0.05) is 25.6 Å². The molecule has 0 saturated carbocycles. The van der Waals surface area contributed by atoms with Gasteiger partial charge in [0.05, 0.1) is 18.1 Å². The fourth-order valence-electron chi connectivity index (χ4n) is 4.06. The number of thiophene rings is 1. The Labute approximate surface area is 151 Å². The molecule has 0 N–H and O–H groups in total. The van der Waals surface area contributed by atoms with Gasteiger partial charge >= 0.3 is 0 Å². The second-order valence-corrected chi connectivity index (χ2v) is 7.85. The largest absolute Gasteiger partial charge is 0.350 e. The van der Waals surface area contributed by atoms with Gasteiger partial charge in [0.2, 0.25) is 5.91 Å². The molecule has 0 unspecified atom stereocenters. The van der Waals surface area contributed by atoms with Gasteiger partial charge < -0.3 is 19.3 Å². The van der Waals surface area contributed by atoms with Crippen LogP contribution in [0.5, 0.6) is 0 Å². The molecule has 6 nitrogen and oxygen atoms in total. The standard InChI is InChI=1S/C18H24N2O4S/c21-16(19-8-5-13(6-9-19)18-23-10-11-24-18)14-3-1-7-20(14)17(22)15-4-2-12-25-15/h2,4,12-14,18H,1,3,5-11H2/t14-/m0/s1. The van der Waals surface area contributed by atoms with Crippen molar-refractivity contribution in [1.29, 1.82) is 0 Å². The van der Waals surface area contributed by atoms with Crippen LogP contribution < -0.4 is 0 Å². The maximum absolute atomic E-state index is 13.0. The summed E-state index contributed by atoms with van der Waals surface area (Å²) >= 11 is 1.44. The molecule has 4 heterocycles. The Morgan fingerprint density at radius 2 is 1.84 bits per heavy atom. The first-order valence-electron chi connectivity index (χ1n) is 9.10. The fraction of sp³-hybridized carbons (Fsp3) is 0.667. The predicted octanol–water partition coefficient (Wildman–Crippen LogP) is 1.96. The quantitative estimate of drug-likeness (QED) is 0.823. The van der Waals surface area contributed by atoms with Crippen LogP contribution in [0.4, 0.5) is 0 Å². The van der Waals surface area contributed by atoms with E-state index in [2.05, 4.69) is 0 Å². The lowest BCUT2D eigenvalue weighted by molar-refractivity contribution is -0.140. The van der Waals surface area contributed by atoms with E-state index in [1.165, 1.54) is 11.3 Å². The highest BCUT2D eigenvalue weighted by Crippen LogP contribution is 2.28. The summed E-state index contributed by atoms with van der Waals surface area (Å²) < 4.78 is 11.2. The van der Waals surface area contributed by atoms with E-state index in [4.69, 9.17) is 9.47 Å². The van der Waals surface area contributed by atoms with E-state index < -0.39 is 0 Å². The number of hydrogen-bond donors (Lipinski definition) is 0. The molecule has 1 atom stereocenters. The minimum Gasteiger partial charge on any atom is -0.350 e. The average molecular weight is 364 g/mol. The van der Waals surface area contributed by atoms with Crippen LogP contribution in [0.3, 0.4) is 0 Å². The highest BCUT2D eigenvalue weighted by molar-refractivity contribution is 7.12. The van der Waals surface area contributed by atoms with Gasteiger partial charge in [-0.25, -0.2) is 0 Å². The minimum absolute atomic E-state index is 0.00603. The first-order chi connectivity index (χ1) is 12.2. The molecule has 3 saturated heterocycles. The number of likely N-dealkylation sites (tertiary alicyclic amines) is 2. The minimum atomic E-state index is -0.301. The SMILES string of the molecule is O=C([C@@H]1CCCN1C(=O)c1cccs1)N1CCC(C2OCCO2)CC1. The smallest absolute Gasteiger partial charge is 0.264 e. The molecular weight excluding hydrogens is 340 g/mol. The van der Waals surface area contributed by atoms with Crippen molar-refractivity contribution in [2.75, 3.05) is 32.8 Å². The summed E-state index contributed by atoms with van der Waals surface area (Å²) in [6.07, 6.45) is 3.38. The van der Waals surface area contributed by atoms with Crippen LogP contribution in [0.2, 0.25) is 0 Å². The summed E-state index contributed by atoms with van der Waals surface area (Å²) in [6, 6.07) is 3.41. The first kappa shape index (κ1) is 17.0. The van der Waals surface area contributed by atoms with E-state index in [0.29, 0.717) is 30.6 Å². The van der Waals surface area contributed by atoms with Crippen molar-refractivity contribution in [3.8, 4) is 0 Å². The molecule has 0 aliphatic carbocycles. The highest BCUT2D eigenvalue weighted by atomic mass is 32.1. The van der Waals surface area contributed by atoms with Crippen molar-refractivity contribution in [2.45, 2.75) is 38.0 Å². The van der Waals surface area contributed by atoms with Gasteiger partial charge in [0.1, 0.15) is 6.04 Å². The number of rotatable bonds is 3. The third-order valence-corrected chi connectivity index (χ3v) is 6.27. The van der Waals surface area contributed by atoms with Gasteiger partial charge in [-0.1, -0.05) is 6.07 Å². The average Bonchev–Trinajstić information content (AvgIpc) is 3.43. The van der Waals surface area contributed by atoms with Crippen LogP contribution in [0.1, 0.15) is 35.4 Å². The molecule has 1 aromatic rings. The van der Waals surface area contributed by atoms with Crippen molar-refractivity contribution < 1.29 is 19.1 Å². The molecule has 0 radical (unpaired) electrons. The Balaban J connectivity index is 1.36. The number of nitrogens with zero attached hydrogens (tertiary/aromatic N) is 2. The van der Waals surface area contributed by atoms with Gasteiger partial charge in [0.15, 0.2) is 6.29 Å². The van der Waals surface area contributed by atoms with E-state index in [1.54, 1.807) is 4.90 Å².